The minimum Gasteiger partial charge on any atom is -0.490 e. The smallest absolute Gasteiger partial charge is 0.255 e. The highest BCUT2D eigenvalue weighted by molar-refractivity contribution is 6.04. The van der Waals surface area contributed by atoms with Crippen LogP contribution >= 0.6 is 0 Å². The molecule has 160 valence electrons. The lowest BCUT2D eigenvalue weighted by molar-refractivity contribution is -0.134. The van der Waals surface area contributed by atoms with E-state index in [1.807, 2.05) is 30.9 Å². The van der Waals surface area contributed by atoms with Crippen LogP contribution in [0.1, 0.15) is 29.8 Å². The molecule has 1 fully saturated rings. The first-order valence-electron chi connectivity index (χ1n) is 10.3. The van der Waals surface area contributed by atoms with Crippen molar-refractivity contribution in [3.05, 3.63) is 53.6 Å². The quantitative estimate of drug-likeness (QED) is 0.721. The maximum Gasteiger partial charge on any atom is 0.255 e. The van der Waals surface area contributed by atoms with E-state index < -0.39 is 0 Å². The van der Waals surface area contributed by atoms with Gasteiger partial charge in [-0.15, -0.1) is 0 Å². The number of nitrogens with one attached hydrogen (secondary N) is 1. The first-order valence-corrected chi connectivity index (χ1v) is 10.3. The summed E-state index contributed by atoms with van der Waals surface area (Å²) in [5, 5.41) is 2.88. The van der Waals surface area contributed by atoms with Crippen molar-refractivity contribution in [1.29, 1.82) is 0 Å². The molecule has 1 heterocycles. The maximum atomic E-state index is 12.6. The molecule has 2 aromatic rings. The number of ether oxygens (including phenoxy) is 3. The molecule has 7 nitrogen and oxygen atoms in total. The summed E-state index contributed by atoms with van der Waals surface area (Å²) in [5.74, 6) is 1.01. The standard InChI is InChI=1S/C23H28N2O5/c1-3-29-20-10-7-18(16-21(20)30-4-2)23(27)24-19-8-5-17(6-9-19)15-22(26)25-11-13-28-14-12-25/h5-10,16H,3-4,11-15H2,1-2H3,(H,24,27). The van der Waals surface area contributed by atoms with Crippen molar-refractivity contribution in [2.45, 2.75) is 20.3 Å². The van der Waals surface area contributed by atoms with E-state index >= 15 is 0 Å². The van der Waals surface area contributed by atoms with Crippen molar-refractivity contribution in [3.63, 3.8) is 0 Å². The number of hydrogen-bond donors (Lipinski definition) is 1. The zero-order valence-electron chi connectivity index (χ0n) is 17.5. The van der Waals surface area contributed by atoms with E-state index in [1.165, 1.54) is 0 Å². The second-order valence-corrected chi connectivity index (χ2v) is 6.85. The second-order valence-electron chi connectivity index (χ2n) is 6.85. The number of morpholine rings is 1. The molecule has 1 aliphatic rings. The highest BCUT2D eigenvalue weighted by atomic mass is 16.5. The molecule has 0 spiro atoms. The largest absolute Gasteiger partial charge is 0.490 e. The van der Waals surface area contributed by atoms with Crippen LogP contribution in [0.25, 0.3) is 0 Å². The van der Waals surface area contributed by atoms with Crippen molar-refractivity contribution >= 4 is 17.5 Å². The molecule has 3 rings (SSSR count). The van der Waals surface area contributed by atoms with Gasteiger partial charge in [0.05, 0.1) is 32.8 Å². The van der Waals surface area contributed by atoms with E-state index in [2.05, 4.69) is 5.32 Å². The summed E-state index contributed by atoms with van der Waals surface area (Å²) in [5.41, 5.74) is 2.05. The molecule has 30 heavy (non-hydrogen) atoms. The van der Waals surface area contributed by atoms with Gasteiger partial charge in [0, 0.05) is 24.3 Å². The summed E-state index contributed by atoms with van der Waals surface area (Å²) in [4.78, 5) is 26.8. The highest BCUT2D eigenvalue weighted by Gasteiger charge is 2.17. The third-order valence-electron chi connectivity index (χ3n) is 4.74. The van der Waals surface area contributed by atoms with E-state index in [1.54, 1.807) is 30.3 Å². The van der Waals surface area contributed by atoms with Crippen LogP contribution in [-0.2, 0) is 16.0 Å². The molecule has 0 saturated carbocycles. The van der Waals surface area contributed by atoms with Crippen LogP contribution in [0.5, 0.6) is 11.5 Å². The number of nitrogens with zero attached hydrogens (tertiary/aromatic N) is 1. The Morgan fingerprint density at radius 2 is 1.63 bits per heavy atom. The van der Waals surface area contributed by atoms with Crippen LogP contribution in [-0.4, -0.2) is 56.2 Å². The van der Waals surface area contributed by atoms with Crippen LogP contribution < -0.4 is 14.8 Å². The summed E-state index contributed by atoms with van der Waals surface area (Å²) >= 11 is 0. The lowest BCUT2D eigenvalue weighted by Crippen LogP contribution is -2.41. The highest BCUT2D eigenvalue weighted by Crippen LogP contribution is 2.29. The van der Waals surface area contributed by atoms with Crippen molar-refractivity contribution in [1.82, 2.24) is 4.90 Å². The lowest BCUT2D eigenvalue weighted by atomic mass is 10.1. The predicted octanol–water partition coefficient (Wildman–Crippen LogP) is 3.14. The second kappa shape index (κ2) is 10.6. The number of anilines is 1. The van der Waals surface area contributed by atoms with Crippen LogP contribution in [0.15, 0.2) is 42.5 Å². The average molecular weight is 412 g/mol. The van der Waals surface area contributed by atoms with Crippen molar-refractivity contribution in [2.24, 2.45) is 0 Å². The number of benzene rings is 2. The Bertz CT molecular complexity index is 860. The van der Waals surface area contributed by atoms with Gasteiger partial charge in [-0.25, -0.2) is 0 Å². The third-order valence-corrected chi connectivity index (χ3v) is 4.74. The molecule has 2 aromatic carbocycles. The van der Waals surface area contributed by atoms with E-state index in [0.717, 1.165) is 5.56 Å². The molecule has 0 atom stereocenters. The van der Waals surface area contributed by atoms with E-state index in [4.69, 9.17) is 14.2 Å². The van der Waals surface area contributed by atoms with Gasteiger partial charge in [0.2, 0.25) is 5.91 Å². The van der Waals surface area contributed by atoms with Crippen LogP contribution in [0, 0.1) is 0 Å². The van der Waals surface area contributed by atoms with E-state index in [-0.39, 0.29) is 11.8 Å². The summed E-state index contributed by atoms with van der Waals surface area (Å²) in [6.45, 7) is 7.24. The first-order chi connectivity index (χ1) is 14.6. The predicted molar refractivity (Wildman–Crippen MR) is 114 cm³/mol. The molecule has 0 radical (unpaired) electrons. The van der Waals surface area contributed by atoms with E-state index in [9.17, 15) is 9.59 Å². The zero-order chi connectivity index (χ0) is 21.3. The summed E-state index contributed by atoms with van der Waals surface area (Å²) in [6.07, 6.45) is 0.338. The minimum atomic E-state index is -0.240. The molecule has 1 saturated heterocycles. The van der Waals surface area contributed by atoms with Gasteiger partial charge in [-0.05, 0) is 49.7 Å². The normalized spacial score (nSPS) is 13.6. The first kappa shape index (κ1) is 21.6. The zero-order valence-corrected chi connectivity index (χ0v) is 17.5. The number of hydrogen-bond acceptors (Lipinski definition) is 5. The van der Waals surface area contributed by atoms with Crippen LogP contribution in [0.4, 0.5) is 5.69 Å². The average Bonchev–Trinajstić information content (AvgIpc) is 2.77. The van der Waals surface area contributed by atoms with Gasteiger partial charge < -0.3 is 24.4 Å². The SMILES string of the molecule is CCOc1ccc(C(=O)Nc2ccc(CC(=O)N3CCOCC3)cc2)cc1OCC. The van der Waals surface area contributed by atoms with E-state index in [0.29, 0.717) is 68.7 Å². The van der Waals surface area contributed by atoms with Crippen molar-refractivity contribution in [2.75, 3.05) is 44.8 Å². The monoisotopic (exact) mass is 412 g/mol. The Labute approximate surface area is 176 Å². The Morgan fingerprint density at radius 3 is 2.30 bits per heavy atom. The van der Waals surface area contributed by atoms with Gasteiger partial charge in [0.15, 0.2) is 11.5 Å². The Balaban J connectivity index is 1.61. The fourth-order valence-corrected chi connectivity index (χ4v) is 3.20. The Hall–Kier alpha value is -3.06. The Kier molecular flexibility index (Phi) is 7.68. The number of carbonyl (C=O) groups is 2. The van der Waals surface area contributed by atoms with Gasteiger partial charge in [0.25, 0.3) is 5.91 Å². The van der Waals surface area contributed by atoms with Crippen LogP contribution in [0.3, 0.4) is 0 Å². The number of carbonyl (C=O) groups excluding carboxylic acids is 2. The fraction of sp³-hybridized carbons (Fsp3) is 0.391. The molecule has 1 N–H and O–H groups in total. The number of amides is 2. The lowest BCUT2D eigenvalue weighted by Gasteiger charge is -2.26. The minimum absolute atomic E-state index is 0.0907. The molecular weight excluding hydrogens is 384 g/mol. The summed E-state index contributed by atoms with van der Waals surface area (Å²) in [7, 11) is 0. The third kappa shape index (κ3) is 5.73. The summed E-state index contributed by atoms with van der Waals surface area (Å²) in [6, 6.07) is 12.5. The van der Waals surface area contributed by atoms with Gasteiger partial charge >= 0.3 is 0 Å². The maximum absolute atomic E-state index is 12.6. The fourth-order valence-electron chi connectivity index (χ4n) is 3.20. The van der Waals surface area contributed by atoms with Gasteiger partial charge in [-0.1, -0.05) is 12.1 Å². The summed E-state index contributed by atoms with van der Waals surface area (Å²) < 4.78 is 16.4. The molecule has 0 aromatic heterocycles. The number of rotatable bonds is 8. The van der Waals surface area contributed by atoms with Crippen LogP contribution in [0.2, 0.25) is 0 Å². The topological polar surface area (TPSA) is 77.1 Å². The van der Waals surface area contributed by atoms with Gasteiger partial charge in [0.1, 0.15) is 0 Å². The Morgan fingerprint density at radius 1 is 0.967 bits per heavy atom. The van der Waals surface area contributed by atoms with Crippen molar-refractivity contribution in [3.8, 4) is 11.5 Å². The molecular formula is C23H28N2O5. The molecule has 2 amide bonds. The molecule has 7 heteroatoms. The van der Waals surface area contributed by atoms with Gasteiger partial charge in [-0.3, -0.25) is 9.59 Å². The molecule has 0 aliphatic carbocycles. The molecule has 0 unspecified atom stereocenters. The van der Waals surface area contributed by atoms with Crippen molar-refractivity contribution < 1.29 is 23.8 Å². The molecule has 0 bridgehead atoms. The van der Waals surface area contributed by atoms with Gasteiger partial charge in [-0.2, -0.15) is 0 Å². The molecule has 1 aliphatic heterocycles.